The molecule has 0 N–H and O–H groups in total. The number of carbonyl (C=O) groups excluding carboxylic acids is 2. The number of piperidine rings is 3. The van der Waals surface area contributed by atoms with E-state index >= 15 is 0 Å². The summed E-state index contributed by atoms with van der Waals surface area (Å²) in [7, 11) is 1.56. The smallest absolute Gasteiger partial charge is 0.316 e. The lowest BCUT2D eigenvalue weighted by molar-refractivity contribution is -0.159. The van der Waals surface area contributed by atoms with Crippen LogP contribution in [0.3, 0.4) is 0 Å². The number of aryl methyl sites for hydroxylation is 1. The number of carbonyl (C=O) groups is 2. The average molecular weight is 470 g/mol. The van der Waals surface area contributed by atoms with E-state index in [-0.39, 0.29) is 17.4 Å². The second-order valence-corrected chi connectivity index (χ2v) is 11.9. The molecule has 0 spiro atoms. The topological polar surface area (TPSA) is 55.8 Å². The third-order valence-electron chi connectivity index (χ3n) is 8.68. The van der Waals surface area contributed by atoms with Gasteiger partial charge >= 0.3 is 11.9 Å². The lowest BCUT2D eigenvalue weighted by Crippen LogP contribution is -2.59. The number of methoxy groups -OCH3 is 1. The van der Waals surface area contributed by atoms with Crippen molar-refractivity contribution >= 4 is 11.9 Å². The van der Waals surface area contributed by atoms with Crippen molar-refractivity contribution in [3.8, 4) is 0 Å². The van der Waals surface area contributed by atoms with Gasteiger partial charge in [0.25, 0.3) is 0 Å². The van der Waals surface area contributed by atoms with Gasteiger partial charge in [0.1, 0.15) is 5.60 Å². The number of fused-ring (bicyclic) bond motifs is 3. The molecule has 3 saturated heterocycles. The molecule has 2 bridgehead atoms. The monoisotopic (exact) mass is 469 g/mol. The van der Waals surface area contributed by atoms with Crippen molar-refractivity contribution in [3.63, 3.8) is 0 Å². The molecule has 4 aliphatic rings. The largest absolute Gasteiger partial charge is 0.468 e. The van der Waals surface area contributed by atoms with Crippen molar-refractivity contribution in [1.82, 2.24) is 4.90 Å². The normalized spacial score (nSPS) is 31.2. The summed E-state index contributed by atoms with van der Waals surface area (Å²) in [6.45, 7) is 9.19. The lowest BCUT2D eigenvalue weighted by atomic mass is 9.49. The van der Waals surface area contributed by atoms with Gasteiger partial charge < -0.3 is 14.4 Å². The van der Waals surface area contributed by atoms with Crippen LogP contribution in [0.5, 0.6) is 0 Å². The van der Waals surface area contributed by atoms with E-state index in [1.807, 2.05) is 20.8 Å². The molecule has 0 amide bonds. The summed E-state index contributed by atoms with van der Waals surface area (Å²) in [4.78, 5) is 28.4. The summed E-state index contributed by atoms with van der Waals surface area (Å²) in [5.74, 6) is 0.135. The highest BCUT2D eigenvalue weighted by molar-refractivity contribution is 5.84. The summed E-state index contributed by atoms with van der Waals surface area (Å²) >= 11 is 0. The molecule has 3 heterocycles. The van der Waals surface area contributed by atoms with Crippen LogP contribution in [0, 0.1) is 11.3 Å². The molecule has 5 heteroatoms. The third kappa shape index (κ3) is 5.05. The summed E-state index contributed by atoms with van der Waals surface area (Å²) in [5, 5.41) is 0. The molecule has 188 valence electrons. The maximum Gasteiger partial charge on any atom is 0.316 e. The van der Waals surface area contributed by atoms with Crippen LogP contribution in [-0.2, 0) is 30.9 Å². The fourth-order valence-corrected chi connectivity index (χ4v) is 7.10. The molecule has 1 aromatic rings. The maximum absolute atomic E-state index is 13.7. The molecule has 2 unspecified atom stereocenters. The number of esters is 2. The first-order valence-electron chi connectivity index (χ1n) is 13.3. The predicted octanol–water partition coefficient (Wildman–Crippen LogP) is 5.44. The van der Waals surface area contributed by atoms with E-state index in [0.29, 0.717) is 12.3 Å². The molecule has 3 aliphatic heterocycles. The van der Waals surface area contributed by atoms with E-state index in [1.165, 1.54) is 50.9 Å². The highest BCUT2D eigenvalue weighted by atomic mass is 16.6. The Kier molecular flexibility index (Phi) is 7.42. The first-order chi connectivity index (χ1) is 16.2. The quantitative estimate of drug-likeness (QED) is 0.498. The van der Waals surface area contributed by atoms with Gasteiger partial charge in [0, 0.05) is 6.42 Å². The van der Waals surface area contributed by atoms with Crippen LogP contribution in [0.25, 0.3) is 0 Å². The fraction of sp³-hybridized carbons (Fsp3) is 0.724. The third-order valence-corrected chi connectivity index (χ3v) is 8.68. The molecular formula is C29H43NO4. The molecule has 2 atom stereocenters. The van der Waals surface area contributed by atoms with Gasteiger partial charge in [0.15, 0.2) is 0 Å². The van der Waals surface area contributed by atoms with E-state index in [0.717, 1.165) is 37.7 Å². The fourth-order valence-electron chi connectivity index (χ4n) is 7.10. The van der Waals surface area contributed by atoms with Crippen LogP contribution in [-0.4, -0.2) is 49.2 Å². The van der Waals surface area contributed by atoms with E-state index in [4.69, 9.17) is 9.47 Å². The van der Waals surface area contributed by atoms with Crippen LogP contribution in [0.4, 0.5) is 0 Å². The van der Waals surface area contributed by atoms with Crippen molar-refractivity contribution < 1.29 is 19.1 Å². The Morgan fingerprint density at radius 1 is 1.06 bits per heavy atom. The summed E-state index contributed by atoms with van der Waals surface area (Å²) in [6.07, 6.45) is 9.80. The van der Waals surface area contributed by atoms with Crippen LogP contribution in [0.1, 0.15) is 89.7 Å². The van der Waals surface area contributed by atoms with Gasteiger partial charge in [-0.1, -0.05) is 37.1 Å². The second kappa shape index (κ2) is 10.0. The minimum atomic E-state index is -0.562. The zero-order valence-electron chi connectivity index (χ0n) is 21.7. The molecular weight excluding hydrogens is 426 g/mol. The standard InChI is InChI=1S/C29H43NO4/c1-27(2,3)34-25(31)13-8-10-22-9-7-11-23(21-22)29(26(32)33-4)14-6-5-12-24(29)28-15-18-30(19-16-28)20-17-28/h7,9,11,21,24H,5-6,8,10,12-20H2,1-4H3. The Labute approximate surface area is 205 Å². The van der Waals surface area contributed by atoms with Crippen LogP contribution in [0.2, 0.25) is 0 Å². The van der Waals surface area contributed by atoms with Crippen LogP contribution in [0.15, 0.2) is 24.3 Å². The predicted molar refractivity (Wildman–Crippen MR) is 134 cm³/mol. The zero-order valence-corrected chi connectivity index (χ0v) is 21.7. The van der Waals surface area contributed by atoms with Crippen molar-refractivity contribution in [3.05, 3.63) is 35.4 Å². The molecule has 5 rings (SSSR count). The number of ether oxygens (including phenoxy) is 2. The Hall–Kier alpha value is -1.88. The van der Waals surface area contributed by atoms with Crippen LogP contribution < -0.4 is 0 Å². The highest BCUT2D eigenvalue weighted by Gasteiger charge is 2.58. The van der Waals surface area contributed by atoms with Gasteiger partial charge in [-0.25, -0.2) is 0 Å². The summed E-state index contributed by atoms with van der Waals surface area (Å²) in [5.41, 5.74) is 1.55. The van der Waals surface area contributed by atoms with Gasteiger partial charge in [-0.2, -0.15) is 0 Å². The van der Waals surface area contributed by atoms with Gasteiger partial charge in [-0.15, -0.1) is 0 Å². The molecule has 34 heavy (non-hydrogen) atoms. The minimum absolute atomic E-state index is 0.0505. The van der Waals surface area contributed by atoms with Crippen molar-refractivity contribution in [1.29, 1.82) is 0 Å². The first kappa shape index (κ1) is 25.2. The SMILES string of the molecule is COC(=O)C1(c2cccc(CCCC(=O)OC(C)(C)C)c2)CCCCC1C12CCN(CC1)CC2. The number of nitrogens with zero attached hydrogens (tertiary/aromatic N) is 1. The first-order valence-corrected chi connectivity index (χ1v) is 13.3. The Morgan fingerprint density at radius 3 is 2.41 bits per heavy atom. The molecule has 1 aliphatic carbocycles. The van der Waals surface area contributed by atoms with E-state index in [9.17, 15) is 9.59 Å². The van der Waals surface area contributed by atoms with E-state index in [1.54, 1.807) is 7.11 Å². The second-order valence-electron chi connectivity index (χ2n) is 11.9. The molecule has 5 nitrogen and oxygen atoms in total. The molecule has 0 radical (unpaired) electrons. The number of benzene rings is 1. The number of rotatable bonds is 7. The van der Waals surface area contributed by atoms with Crippen molar-refractivity contribution in [2.45, 2.75) is 96.0 Å². The van der Waals surface area contributed by atoms with Gasteiger partial charge in [-0.05, 0) is 108 Å². The molecule has 0 aromatic heterocycles. The number of hydrogen-bond donors (Lipinski definition) is 0. The zero-order chi connectivity index (χ0) is 24.4. The maximum atomic E-state index is 13.7. The minimum Gasteiger partial charge on any atom is -0.468 e. The average Bonchev–Trinajstić information content (AvgIpc) is 2.83. The van der Waals surface area contributed by atoms with Gasteiger partial charge in [0.2, 0.25) is 0 Å². The van der Waals surface area contributed by atoms with E-state index < -0.39 is 11.0 Å². The Balaban J connectivity index is 1.58. The van der Waals surface area contributed by atoms with Crippen LogP contribution >= 0.6 is 0 Å². The Bertz CT molecular complexity index is 867. The molecule has 1 saturated carbocycles. The summed E-state index contributed by atoms with van der Waals surface area (Å²) < 4.78 is 11.0. The van der Waals surface area contributed by atoms with Crippen molar-refractivity contribution in [2.24, 2.45) is 11.3 Å². The molecule has 1 aromatic carbocycles. The van der Waals surface area contributed by atoms with Gasteiger partial charge in [0.05, 0.1) is 12.5 Å². The molecule has 4 fully saturated rings. The highest BCUT2D eigenvalue weighted by Crippen LogP contribution is 2.58. The number of hydrogen-bond acceptors (Lipinski definition) is 5. The lowest BCUT2D eigenvalue weighted by Gasteiger charge is -2.58. The summed E-state index contributed by atoms with van der Waals surface area (Å²) in [6, 6.07) is 8.61. The van der Waals surface area contributed by atoms with E-state index in [2.05, 4.69) is 29.2 Å². The van der Waals surface area contributed by atoms with Crippen molar-refractivity contribution in [2.75, 3.05) is 26.7 Å². The van der Waals surface area contributed by atoms with Gasteiger partial charge in [-0.3, -0.25) is 9.59 Å². The Morgan fingerprint density at radius 2 is 1.76 bits per heavy atom.